The molecule has 2 unspecified atom stereocenters. The fraction of sp³-hybridized carbons (Fsp3) is 0.263. The van der Waals surface area contributed by atoms with E-state index < -0.39 is 12.7 Å². The van der Waals surface area contributed by atoms with E-state index in [4.69, 9.17) is 11.8 Å². The highest BCUT2D eigenvalue weighted by molar-refractivity contribution is 8.60. The van der Waals surface area contributed by atoms with Crippen molar-refractivity contribution < 1.29 is 4.57 Å². The molecule has 0 aromatic heterocycles. The highest BCUT2D eigenvalue weighted by atomic mass is 32.6. The zero-order chi connectivity index (χ0) is 17.6. The van der Waals surface area contributed by atoms with Crippen LogP contribution in [0.3, 0.4) is 0 Å². The molecule has 24 heavy (non-hydrogen) atoms. The highest BCUT2D eigenvalue weighted by Gasteiger charge is 2.54. The van der Waals surface area contributed by atoms with Crippen LogP contribution in [0, 0.1) is 0 Å². The second kappa shape index (κ2) is 5.99. The van der Waals surface area contributed by atoms with Gasteiger partial charge in [0.15, 0.2) is 0 Å². The van der Waals surface area contributed by atoms with Gasteiger partial charge in [-0.15, -0.1) is 0 Å². The zero-order valence-electron chi connectivity index (χ0n) is 14.5. The van der Waals surface area contributed by atoms with Crippen LogP contribution in [-0.2, 0) is 16.4 Å². The fourth-order valence-corrected chi connectivity index (χ4v) is 15.8. The molecule has 2 nitrogen and oxygen atoms in total. The standard InChI is InChI=1S/C19H23NOP2S/c1-16-15-20(19(2,3)4)23(21,18-13-9-6-10-14-18)22(16,24)17-11-7-5-8-12-17/h5-15H,1-4H3. The minimum atomic E-state index is -2.99. The van der Waals surface area contributed by atoms with Gasteiger partial charge in [-0.25, -0.2) is 0 Å². The van der Waals surface area contributed by atoms with Crippen LogP contribution in [0.1, 0.15) is 27.7 Å². The third-order valence-electron chi connectivity index (χ3n) is 4.35. The van der Waals surface area contributed by atoms with Gasteiger partial charge in [0.2, 0.25) is 6.98 Å². The summed E-state index contributed by atoms with van der Waals surface area (Å²) in [5.41, 5.74) is -2.70. The Morgan fingerprint density at radius 2 is 1.33 bits per heavy atom. The quantitative estimate of drug-likeness (QED) is 0.666. The second-order valence-electron chi connectivity index (χ2n) is 7.08. The Bertz CT molecular complexity index is 869. The van der Waals surface area contributed by atoms with E-state index in [2.05, 4.69) is 38.6 Å². The van der Waals surface area contributed by atoms with Crippen molar-refractivity contribution in [2.75, 3.05) is 0 Å². The molecule has 1 heterocycles. The molecule has 2 aromatic carbocycles. The first-order valence-corrected chi connectivity index (χ1v) is 13.2. The topological polar surface area (TPSA) is 20.3 Å². The number of rotatable bonds is 2. The lowest BCUT2D eigenvalue weighted by molar-refractivity contribution is 0.328. The van der Waals surface area contributed by atoms with Crippen LogP contribution in [0.25, 0.3) is 0 Å². The molecule has 0 bridgehead atoms. The molecule has 5 heteroatoms. The first kappa shape index (κ1) is 17.7. The lowest BCUT2D eigenvalue weighted by Crippen LogP contribution is -2.35. The van der Waals surface area contributed by atoms with E-state index in [9.17, 15) is 4.57 Å². The molecule has 0 aliphatic carbocycles. The maximum atomic E-state index is 14.7. The summed E-state index contributed by atoms with van der Waals surface area (Å²) in [5.74, 6) is 0. The Morgan fingerprint density at radius 3 is 1.79 bits per heavy atom. The largest absolute Gasteiger partial charge is 0.316 e. The predicted molar refractivity (Wildman–Crippen MR) is 109 cm³/mol. The van der Waals surface area contributed by atoms with Crippen LogP contribution in [0.15, 0.2) is 72.2 Å². The Balaban J connectivity index is 2.35. The molecule has 0 saturated heterocycles. The van der Waals surface area contributed by atoms with Crippen LogP contribution >= 0.6 is 12.7 Å². The summed E-state index contributed by atoms with van der Waals surface area (Å²) in [7, 11) is 0. The molecule has 0 amide bonds. The SMILES string of the molecule is CC1=CN(C(C)(C)C)P(=O)(c2ccccc2)P1(=S)c1ccccc1. The van der Waals surface area contributed by atoms with Gasteiger partial charge >= 0.3 is 0 Å². The monoisotopic (exact) mass is 375 g/mol. The first-order chi connectivity index (χ1) is 11.2. The predicted octanol–water partition coefficient (Wildman–Crippen LogP) is 5.29. The zero-order valence-corrected chi connectivity index (χ0v) is 17.1. The average Bonchev–Trinajstić information content (AvgIpc) is 2.79. The summed E-state index contributed by atoms with van der Waals surface area (Å²) < 4.78 is 16.7. The Hall–Kier alpha value is -1.14. The van der Waals surface area contributed by atoms with Crippen molar-refractivity contribution in [3.63, 3.8) is 0 Å². The van der Waals surface area contributed by atoms with Gasteiger partial charge in [-0.1, -0.05) is 60.3 Å². The molecular weight excluding hydrogens is 352 g/mol. The average molecular weight is 375 g/mol. The maximum Gasteiger partial charge on any atom is 0.237 e. The molecule has 0 N–H and O–H groups in total. The molecule has 3 rings (SSSR count). The third-order valence-corrected chi connectivity index (χ3v) is 18.1. The van der Waals surface area contributed by atoms with Crippen molar-refractivity contribution in [2.45, 2.75) is 33.2 Å². The Kier molecular flexibility index (Phi) is 4.41. The summed E-state index contributed by atoms with van der Waals surface area (Å²) in [6, 6.07) is 19.8. The third kappa shape index (κ3) is 2.46. The number of hydrogen-bond acceptors (Lipinski definition) is 2. The summed E-state index contributed by atoms with van der Waals surface area (Å²) in [6.07, 6.45) is 2.06. The van der Waals surface area contributed by atoms with Crippen LogP contribution < -0.4 is 10.6 Å². The molecule has 0 radical (unpaired) electrons. The molecule has 126 valence electrons. The Morgan fingerprint density at radius 1 is 0.875 bits per heavy atom. The Labute approximate surface area is 149 Å². The number of hydrogen-bond donors (Lipinski definition) is 0. The van der Waals surface area contributed by atoms with E-state index >= 15 is 0 Å². The van der Waals surface area contributed by atoms with Crippen molar-refractivity contribution in [1.82, 2.24) is 4.67 Å². The first-order valence-electron chi connectivity index (χ1n) is 8.03. The van der Waals surface area contributed by atoms with E-state index in [1.807, 2.05) is 60.7 Å². The molecule has 2 atom stereocenters. The van der Waals surface area contributed by atoms with Crippen molar-refractivity contribution in [1.29, 1.82) is 0 Å². The van der Waals surface area contributed by atoms with E-state index in [0.717, 1.165) is 15.9 Å². The molecule has 1 aliphatic rings. The van der Waals surface area contributed by atoms with Crippen LogP contribution in [0.2, 0.25) is 0 Å². The van der Waals surface area contributed by atoms with Crippen LogP contribution in [0.5, 0.6) is 0 Å². The lowest BCUT2D eigenvalue weighted by atomic mass is 10.1. The normalized spacial score (nSPS) is 27.2. The maximum absolute atomic E-state index is 14.7. The van der Waals surface area contributed by atoms with Gasteiger partial charge < -0.3 is 4.67 Å². The van der Waals surface area contributed by atoms with Gasteiger partial charge in [-0.3, -0.25) is 4.57 Å². The van der Waals surface area contributed by atoms with Crippen LogP contribution in [-0.4, -0.2) is 10.2 Å². The molecule has 0 spiro atoms. The molecule has 0 saturated carbocycles. The fourth-order valence-electron chi connectivity index (χ4n) is 3.18. The minimum absolute atomic E-state index is 0.262. The highest BCUT2D eigenvalue weighted by Crippen LogP contribution is 2.89. The second-order valence-corrected chi connectivity index (χ2v) is 17.4. The van der Waals surface area contributed by atoms with Gasteiger partial charge in [0.1, 0.15) is 0 Å². The summed E-state index contributed by atoms with van der Waals surface area (Å²) >= 11 is 6.26. The van der Waals surface area contributed by atoms with Crippen LogP contribution in [0.4, 0.5) is 0 Å². The van der Waals surface area contributed by atoms with Crippen molar-refractivity contribution in [3.8, 4) is 0 Å². The number of nitrogens with zero attached hydrogens (tertiary/aromatic N) is 1. The van der Waals surface area contributed by atoms with Gasteiger partial charge in [0.25, 0.3) is 0 Å². The van der Waals surface area contributed by atoms with E-state index in [1.165, 1.54) is 0 Å². The number of allylic oxidation sites excluding steroid dienone is 1. The lowest BCUT2D eigenvalue weighted by Gasteiger charge is -2.41. The van der Waals surface area contributed by atoms with Crippen molar-refractivity contribution in [3.05, 3.63) is 72.2 Å². The summed E-state index contributed by atoms with van der Waals surface area (Å²) in [5, 5.41) is 2.97. The molecule has 0 fully saturated rings. The molecule has 1 aliphatic heterocycles. The molecular formula is C19H23NOP2S. The summed E-state index contributed by atoms with van der Waals surface area (Å²) in [4.78, 5) is 0. The van der Waals surface area contributed by atoms with Crippen molar-refractivity contribution >= 4 is 35.1 Å². The molecule has 2 aromatic rings. The summed E-state index contributed by atoms with van der Waals surface area (Å²) in [6.45, 7) is 5.36. The smallest absolute Gasteiger partial charge is 0.237 e. The van der Waals surface area contributed by atoms with E-state index in [1.54, 1.807) is 0 Å². The number of benzene rings is 2. The minimum Gasteiger partial charge on any atom is -0.316 e. The van der Waals surface area contributed by atoms with Gasteiger partial charge in [-0.2, -0.15) is 0 Å². The van der Waals surface area contributed by atoms with Crippen molar-refractivity contribution in [2.24, 2.45) is 0 Å². The van der Waals surface area contributed by atoms with E-state index in [0.29, 0.717) is 0 Å². The van der Waals surface area contributed by atoms with Gasteiger partial charge in [-0.05, 0) is 50.4 Å². The van der Waals surface area contributed by atoms with E-state index in [-0.39, 0.29) is 5.54 Å². The van der Waals surface area contributed by atoms with Gasteiger partial charge in [0, 0.05) is 17.0 Å². The van der Waals surface area contributed by atoms with Gasteiger partial charge in [0.05, 0.1) is 5.73 Å².